The molecule has 0 saturated heterocycles. The second-order valence-corrected chi connectivity index (χ2v) is 6.05. The van der Waals surface area contributed by atoms with Crippen LogP contribution in [0.1, 0.15) is 47.5 Å². The monoisotopic (exact) mass is 286 g/mol. The number of carbonyl (C=O) groups is 3. The molecule has 2 amide bonds. The Morgan fingerprint density at radius 2 is 1.65 bits per heavy atom. The number of ether oxygens (including phenoxy) is 1. The lowest BCUT2D eigenvalue weighted by Crippen LogP contribution is -2.55. The second-order valence-electron chi connectivity index (χ2n) is 6.05. The number of nitrogens with one attached hydrogen (secondary N) is 2. The molecule has 0 aliphatic carbocycles. The minimum Gasteiger partial charge on any atom is -0.467 e. The maximum absolute atomic E-state index is 11.9. The quantitative estimate of drug-likeness (QED) is 0.713. The summed E-state index contributed by atoms with van der Waals surface area (Å²) < 4.78 is 4.71. The van der Waals surface area contributed by atoms with E-state index in [1.54, 1.807) is 27.7 Å². The number of rotatable bonds is 6. The van der Waals surface area contributed by atoms with Crippen molar-refractivity contribution in [1.29, 1.82) is 0 Å². The lowest BCUT2D eigenvalue weighted by atomic mass is 9.95. The predicted octanol–water partition coefficient (Wildman–Crippen LogP) is 0.997. The van der Waals surface area contributed by atoms with Crippen LogP contribution in [-0.4, -0.2) is 37.0 Å². The van der Waals surface area contributed by atoms with Gasteiger partial charge in [0.15, 0.2) is 0 Å². The lowest BCUT2D eigenvalue weighted by molar-refractivity contribution is -0.150. The first-order valence-corrected chi connectivity index (χ1v) is 6.74. The Labute approximate surface area is 120 Å². The molecule has 0 aromatic rings. The summed E-state index contributed by atoms with van der Waals surface area (Å²) in [6.07, 6.45) is 1.19. The number of amides is 2. The molecule has 0 fully saturated rings. The third-order valence-corrected chi connectivity index (χ3v) is 2.89. The van der Waals surface area contributed by atoms with Crippen molar-refractivity contribution in [2.24, 2.45) is 5.41 Å². The Morgan fingerprint density at radius 1 is 1.10 bits per heavy atom. The van der Waals surface area contributed by atoms with E-state index in [-0.39, 0.29) is 12.5 Å². The van der Waals surface area contributed by atoms with Gasteiger partial charge in [-0.25, -0.2) is 4.79 Å². The largest absolute Gasteiger partial charge is 0.467 e. The maximum Gasteiger partial charge on any atom is 0.331 e. The molecule has 0 heterocycles. The third-order valence-electron chi connectivity index (χ3n) is 2.89. The summed E-state index contributed by atoms with van der Waals surface area (Å²) in [6, 6.07) is 0. The van der Waals surface area contributed by atoms with Crippen LogP contribution < -0.4 is 10.6 Å². The summed E-state index contributed by atoms with van der Waals surface area (Å²) >= 11 is 0. The molecule has 6 heteroatoms. The van der Waals surface area contributed by atoms with Gasteiger partial charge in [0, 0.05) is 5.41 Å². The van der Waals surface area contributed by atoms with E-state index in [0.717, 1.165) is 6.42 Å². The minimum absolute atomic E-state index is 0.160. The Hall–Kier alpha value is -1.59. The fourth-order valence-corrected chi connectivity index (χ4v) is 1.72. The van der Waals surface area contributed by atoms with E-state index < -0.39 is 22.8 Å². The van der Waals surface area contributed by atoms with Crippen molar-refractivity contribution < 1.29 is 19.1 Å². The standard InChI is InChI=1S/C14H26N2O4/c1-7-8-14(5,12(19)20-6)16-10(17)9-15-11(18)13(2,3)4/h7-9H2,1-6H3,(H,15,18)(H,16,17). The van der Waals surface area contributed by atoms with Crippen LogP contribution in [0, 0.1) is 5.41 Å². The first-order chi connectivity index (χ1) is 9.06. The normalized spacial score (nSPS) is 14.1. The highest BCUT2D eigenvalue weighted by Gasteiger charge is 2.35. The molecule has 0 bridgehead atoms. The van der Waals surface area contributed by atoms with Gasteiger partial charge in [-0.05, 0) is 13.3 Å². The molecule has 116 valence electrons. The van der Waals surface area contributed by atoms with Gasteiger partial charge in [-0.1, -0.05) is 34.1 Å². The van der Waals surface area contributed by atoms with Gasteiger partial charge in [0.05, 0.1) is 13.7 Å². The first kappa shape index (κ1) is 18.4. The zero-order valence-electron chi connectivity index (χ0n) is 13.3. The molecule has 0 aromatic heterocycles. The van der Waals surface area contributed by atoms with Gasteiger partial charge in [-0.15, -0.1) is 0 Å². The Balaban J connectivity index is 4.56. The molecule has 0 rings (SSSR count). The van der Waals surface area contributed by atoms with Crippen molar-refractivity contribution in [1.82, 2.24) is 10.6 Å². The number of carbonyl (C=O) groups excluding carboxylic acids is 3. The molecule has 0 aliphatic rings. The molecule has 1 atom stereocenters. The van der Waals surface area contributed by atoms with Gasteiger partial charge in [0.1, 0.15) is 5.54 Å². The summed E-state index contributed by atoms with van der Waals surface area (Å²) in [5.74, 6) is -1.12. The molecule has 2 N–H and O–H groups in total. The summed E-state index contributed by atoms with van der Waals surface area (Å²) in [5, 5.41) is 5.16. The van der Waals surface area contributed by atoms with Crippen LogP contribution in [0.5, 0.6) is 0 Å². The Bertz CT molecular complexity index is 374. The van der Waals surface area contributed by atoms with Gasteiger partial charge in [0.25, 0.3) is 0 Å². The molecule has 0 spiro atoms. The number of hydrogen-bond acceptors (Lipinski definition) is 4. The molecule has 0 aliphatic heterocycles. The topological polar surface area (TPSA) is 84.5 Å². The van der Waals surface area contributed by atoms with Crippen molar-refractivity contribution in [3.8, 4) is 0 Å². The molecule has 0 radical (unpaired) electrons. The molecular weight excluding hydrogens is 260 g/mol. The fourth-order valence-electron chi connectivity index (χ4n) is 1.72. The van der Waals surface area contributed by atoms with Crippen molar-refractivity contribution in [2.45, 2.75) is 53.0 Å². The van der Waals surface area contributed by atoms with Crippen molar-refractivity contribution in [3.63, 3.8) is 0 Å². The maximum atomic E-state index is 11.9. The van der Waals surface area contributed by atoms with Gasteiger partial charge >= 0.3 is 5.97 Å². The number of esters is 1. The van der Waals surface area contributed by atoms with Gasteiger partial charge in [-0.2, -0.15) is 0 Å². The summed E-state index contributed by atoms with van der Waals surface area (Å²) in [5.41, 5.74) is -1.62. The minimum atomic E-state index is -1.06. The van der Waals surface area contributed by atoms with Gasteiger partial charge in [0.2, 0.25) is 11.8 Å². The molecular formula is C14H26N2O4. The Kier molecular flexibility index (Phi) is 6.68. The average Bonchev–Trinajstić information content (AvgIpc) is 2.33. The van der Waals surface area contributed by atoms with Crippen LogP contribution in [-0.2, 0) is 19.1 Å². The summed E-state index contributed by atoms with van der Waals surface area (Å²) in [4.78, 5) is 35.3. The van der Waals surface area contributed by atoms with E-state index in [1.165, 1.54) is 7.11 Å². The van der Waals surface area contributed by atoms with Crippen LogP contribution in [0.4, 0.5) is 0 Å². The van der Waals surface area contributed by atoms with E-state index in [0.29, 0.717) is 6.42 Å². The van der Waals surface area contributed by atoms with Crippen LogP contribution in [0.25, 0.3) is 0 Å². The smallest absolute Gasteiger partial charge is 0.331 e. The predicted molar refractivity (Wildman–Crippen MR) is 75.9 cm³/mol. The second kappa shape index (κ2) is 7.26. The highest BCUT2D eigenvalue weighted by atomic mass is 16.5. The lowest BCUT2D eigenvalue weighted by Gasteiger charge is -2.27. The van der Waals surface area contributed by atoms with Crippen LogP contribution in [0.2, 0.25) is 0 Å². The van der Waals surface area contributed by atoms with Gasteiger partial charge in [-0.3, -0.25) is 9.59 Å². The van der Waals surface area contributed by atoms with E-state index in [1.807, 2.05) is 6.92 Å². The molecule has 6 nitrogen and oxygen atoms in total. The highest BCUT2D eigenvalue weighted by molar-refractivity contribution is 5.91. The van der Waals surface area contributed by atoms with Gasteiger partial charge < -0.3 is 15.4 Å². The zero-order chi connectivity index (χ0) is 16.0. The van der Waals surface area contributed by atoms with Crippen LogP contribution in [0.15, 0.2) is 0 Å². The average molecular weight is 286 g/mol. The highest BCUT2D eigenvalue weighted by Crippen LogP contribution is 2.14. The van der Waals surface area contributed by atoms with E-state index >= 15 is 0 Å². The van der Waals surface area contributed by atoms with Crippen LogP contribution >= 0.6 is 0 Å². The summed E-state index contributed by atoms with van der Waals surface area (Å²) in [6.45, 7) is 8.65. The van der Waals surface area contributed by atoms with E-state index in [9.17, 15) is 14.4 Å². The Morgan fingerprint density at radius 3 is 2.05 bits per heavy atom. The molecule has 1 unspecified atom stereocenters. The van der Waals surface area contributed by atoms with Crippen molar-refractivity contribution >= 4 is 17.8 Å². The fraction of sp³-hybridized carbons (Fsp3) is 0.786. The van der Waals surface area contributed by atoms with E-state index in [2.05, 4.69) is 10.6 Å². The van der Waals surface area contributed by atoms with Crippen LogP contribution in [0.3, 0.4) is 0 Å². The molecule has 0 aromatic carbocycles. The molecule has 0 saturated carbocycles. The SMILES string of the molecule is CCCC(C)(NC(=O)CNC(=O)C(C)(C)C)C(=O)OC. The van der Waals surface area contributed by atoms with E-state index in [4.69, 9.17) is 4.74 Å². The number of hydrogen-bond donors (Lipinski definition) is 2. The van der Waals surface area contributed by atoms with Crippen molar-refractivity contribution in [3.05, 3.63) is 0 Å². The summed E-state index contributed by atoms with van der Waals surface area (Å²) in [7, 11) is 1.28. The van der Waals surface area contributed by atoms with Crippen molar-refractivity contribution in [2.75, 3.05) is 13.7 Å². The number of methoxy groups -OCH3 is 1. The third kappa shape index (κ3) is 5.59. The molecule has 20 heavy (non-hydrogen) atoms. The zero-order valence-corrected chi connectivity index (χ0v) is 13.3. The first-order valence-electron chi connectivity index (χ1n) is 6.74.